The minimum atomic E-state index is 0. The first-order valence-corrected chi connectivity index (χ1v) is 9.08. The van der Waals surface area contributed by atoms with Crippen molar-refractivity contribution < 1.29 is 9.47 Å². The molecule has 3 aromatic rings. The molecule has 0 aliphatic heterocycles. The molecule has 1 heterocycles. The first-order valence-electron chi connectivity index (χ1n) is 9.08. The lowest BCUT2D eigenvalue weighted by atomic mass is 10.2. The zero-order valence-corrected chi connectivity index (χ0v) is 18.6. The SMILES string of the molecule is COc1ccccc1Oc1ccc(CN=C(N)NCCc2ccccn2)cc1.I. The van der Waals surface area contributed by atoms with E-state index in [4.69, 9.17) is 15.2 Å². The lowest BCUT2D eigenvalue weighted by Gasteiger charge is -2.10. The van der Waals surface area contributed by atoms with Crippen LogP contribution in [-0.2, 0) is 13.0 Å². The van der Waals surface area contributed by atoms with Crippen LogP contribution in [0.2, 0.25) is 0 Å². The number of aromatic nitrogens is 1. The standard InChI is InChI=1S/C22H24N4O2.HI/c1-27-20-7-2-3-8-21(20)28-19-11-9-17(10-12-19)16-26-22(23)25-15-13-18-6-4-5-14-24-18;/h2-12,14H,13,15-16H2,1H3,(H3,23,25,26);1H. The molecule has 3 rings (SSSR count). The Balaban J connectivity index is 0.00000300. The molecule has 0 fully saturated rings. The summed E-state index contributed by atoms with van der Waals surface area (Å²) in [6, 6.07) is 21.2. The number of hydrogen-bond donors (Lipinski definition) is 2. The van der Waals surface area contributed by atoms with Gasteiger partial charge in [0, 0.05) is 24.9 Å². The number of nitrogens with two attached hydrogens (primary N) is 1. The third kappa shape index (κ3) is 7.26. The van der Waals surface area contributed by atoms with Crippen molar-refractivity contribution in [2.75, 3.05) is 13.7 Å². The number of nitrogens with zero attached hydrogens (tertiary/aromatic N) is 2. The Bertz CT molecular complexity index is 902. The molecular weight excluding hydrogens is 479 g/mol. The third-order valence-electron chi connectivity index (χ3n) is 4.07. The summed E-state index contributed by atoms with van der Waals surface area (Å²) in [7, 11) is 1.62. The summed E-state index contributed by atoms with van der Waals surface area (Å²) in [5, 5.41) is 3.11. The highest BCUT2D eigenvalue weighted by atomic mass is 127. The number of ether oxygens (including phenoxy) is 2. The van der Waals surface area contributed by atoms with Gasteiger partial charge < -0.3 is 20.5 Å². The van der Waals surface area contributed by atoms with Gasteiger partial charge in [-0.2, -0.15) is 0 Å². The maximum atomic E-state index is 5.93. The number of halogens is 1. The molecule has 29 heavy (non-hydrogen) atoms. The number of aliphatic imine (C=N–C) groups is 1. The topological polar surface area (TPSA) is 81.8 Å². The van der Waals surface area contributed by atoms with E-state index in [0.717, 1.165) is 23.4 Å². The third-order valence-corrected chi connectivity index (χ3v) is 4.07. The van der Waals surface area contributed by atoms with Crippen LogP contribution in [0, 0.1) is 0 Å². The van der Waals surface area contributed by atoms with Crippen LogP contribution in [0.1, 0.15) is 11.3 Å². The lowest BCUT2D eigenvalue weighted by molar-refractivity contribution is 0.379. The maximum Gasteiger partial charge on any atom is 0.188 e. The van der Waals surface area contributed by atoms with E-state index in [2.05, 4.69) is 15.3 Å². The molecule has 0 atom stereocenters. The number of hydrogen-bond acceptors (Lipinski definition) is 4. The van der Waals surface area contributed by atoms with E-state index in [-0.39, 0.29) is 24.0 Å². The quantitative estimate of drug-likeness (QED) is 0.274. The molecule has 0 saturated heterocycles. The van der Waals surface area contributed by atoms with Crippen molar-refractivity contribution in [1.82, 2.24) is 10.3 Å². The minimum absolute atomic E-state index is 0. The normalized spacial score (nSPS) is 10.7. The Labute approximate surface area is 188 Å². The van der Waals surface area contributed by atoms with Gasteiger partial charge in [-0.3, -0.25) is 4.98 Å². The molecule has 0 amide bonds. The zero-order chi connectivity index (χ0) is 19.6. The fraction of sp³-hybridized carbons (Fsp3) is 0.182. The van der Waals surface area contributed by atoms with E-state index in [1.807, 2.05) is 66.7 Å². The average Bonchev–Trinajstić information content (AvgIpc) is 2.74. The zero-order valence-electron chi connectivity index (χ0n) is 16.2. The molecular formula is C22H25IN4O2. The van der Waals surface area contributed by atoms with Crippen LogP contribution in [0.15, 0.2) is 77.9 Å². The fourth-order valence-electron chi connectivity index (χ4n) is 2.59. The predicted octanol–water partition coefficient (Wildman–Crippen LogP) is 4.15. The van der Waals surface area contributed by atoms with Crippen LogP contribution in [0.5, 0.6) is 17.2 Å². The first kappa shape index (κ1) is 22.5. The van der Waals surface area contributed by atoms with Gasteiger partial charge in [-0.1, -0.05) is 30.3 Å². The van der Waals surface area contributed by atoms with Gasteiger partial charge in [0.05, 0.1) is 13.7 Å². The number of pyridine rings is 1. The van der Waals surface area contributed by atoms with Gasteiger partial charge in [0.15, 0.2) is 17.5 Å². The number of guanidine groups is 1. The van der Waals surface area contributed by atoms with Crippen LogP contribution in [0.4, 0.5) is 0 Å². The molecule has 0 saturated carbocycles. The van der Waals surface area contributed by atoms with Crippen LogP contribution in [0.25, 0.3) is 0 Å². The second-order valence-electron chi connectivity index (χ2n) is 6.10. The lowest BCUT2D eigenvalue weighted by Crippen LogP contribution is -2.33. The molecule has 1 aromatic heterocycles. The summed E-state index contributed by atoms with van der Waals surface area (Å²) >= 11 is 0. The van der Waals surface area contributed by atoms with E-state index in [0.29, 0.717) is 30.5 Å². The number of methoxy groups -OCH3 is 1. The maximum absolute atomic E-state index is 5.93. The van der Waals surface area contributed by atoms with Crippen molar-refractivity contribution in [3.63, 3.8) is 0 Å². The molecule has 0 aliphatic carbocycles. The van der Waals surface area contributed by atoms with E-state index in [1.165, 1.54) is 0 Å². The Hall–Kier alpha value is -2.81. The summed E-state index contributed by atoms with van der Waals surface area (Å²) in [5.41, 5.74) is 7.99. The van der Waals surface area contributed by atoms with Crippen molar-refractivity contribution in [2.45, 2.75) is 13.0 Å². The van der Waals surface area contributed by atoms with Crippen molar-refractivity contribution in [3.8, 4) is 17.2 Å². The highest BCUT2D eigenvalue weighted by Gasteiger charge is 2.04. The number of rotatable bonds is 8. The van der Waals surface area contributed by atoms with Crippen LogP contribution >= 0.6 is 24.0 Å². The van der Waals surface area contributed by atoms with Crippen LogP contribution in [-0.4, -0.2) is 24.6 Å². The monoisotopic (exact) mass is 504 g/mol. The summed E-state index contributed by atoms with van der Waals surface area (Å²) in [4.78, 5) is 8.65. The molecule has 2 aromatic carbocycles. The molecule has 0 radical (unpaired) electrons. The molecule has 6 nitrogen and oxygen atoms in total. The van der Waals surface area contributed by atoms with E-state index < -0.39 is 0 Å². The molecule has 0 aliphatic rings. The molecule has 152 valence electrons. The van der Waals surface area contributed by atoms with Gasteiger partial charge in [0.25, 0.3) is 0 Å². The Morgan fingerprint density at radius 1 is 1.00 bits per heavy atom. The molecule has 0 unspecified atom stereocenters. The van der Waals surface area contributed by atoms with Gasteiger partial charge in [-0.05, 0) is 42.0 Å². The summed E-state index contributed by atoms with van der Waals surface area (Å²) in [5.74, 6) is 2.53. The highest BCUT2D eigenvalue weighted by Crippen LogP contribution is 2.30. The number of nitrogens with one attached hydrogen (secondary N) is 1. The Morgan fingerprint density at radius 3 is 2.41 bits per heavy atom. The Kier molecular flexibility index (Phi) is 9.23. The van der Waals surface area contributed by atoms with Crippen molar-refractivity contribution in [2.24, 2.45) is 10.7 Å². The smallest absolute Gasteiger partial charge is 0.188 e. The van der Waals surface area contributed by atoms with E-state index >= 15 is 0 Å². The summed E-state index contributed by atoms with van der Waals surface area (Å²) in [6.07, 6.45) is 2.58. The van der Waals surface area contributed by atoms with Gasteiger partial charge >= 0.3 is 0 Å². The summed E-state index contributed by atoms with van der Waals surface area (Å²) < 4.78 is 11.2. The van der Waals surface area contributed by atoms with Gasteiger partial charge in [-0.15, -0.1) is 24.0 Å². The molecule has 0 bridgehead atoms. The molecule has 7 heteroatoms. The summed E-state index contributed by atoms with van der Waals surface area (Å²) in [6.45, 7) is 1.19. The van der Waals surface area contributed by atoms with Crippen LogP contribution in [0.3, 0.4) is 0 Å². The van der Waals surface area contributed by atoms with E-state index in [1.54, 1.807) is 13.3 Å². The first-order chi connectivity index (χ1) is 13.7. The van der Waals surface area contributed by atoms with Gasteiger partial charge in [0.2, 0.25) is 0 Å². The highest BCUT2D eigenvalue weighted by molar-refractivity contribution is 14.0. The van der Waals surface area contributed by atoms with Crippen molar-refractivity contribution in [3.05, 3.63) is 84.2 Å². The second-order valence-corrected chi connectivity index (χ2v) is 6.10. The predicted molar refractivity (Wildman–Crippen MR) is 126 cm³/mol. The van der Waals surface area contributed by atoms with Crippen molar-refractivity contribution >= 4 is 29.9 Å². The number of para-hydroxylation sites is 2. The Morgan fingerprint density at radius 2 is 1.72 bits per heavy atom. The largest absolute Gasteiger partial charge is 0.493 e. The number of benzene rings is 2. The molecule has 0 spiro atoms. The van der Waals surface area contributed by atoms with E-state index in [9.17, 15) is 0 Å². The second kappa shape index (κ2) is 11.9. The average molecular weight is 504 g/mol. The fourth-order valence-corrected chi connectivity index (χ4v) is 2.59. The van der Waals surface area contributed by atoms with Crippen LogP contribution < -0.4 is 20.5 Å². The van der Waals surface area contributed by atoms with Crippen molar-refractivity contribution in [1.29, 1.82) is 0 Å². The molecule has 3 N–H and O–H groups in total. The van der Waals surface area contributed by atoms with Gasteiger partial charge in [0.1, 0.15) is 5.75 Å². The van der Waals surface area contributed by atoms with Gasteiger partial charge in [-0.25, -0.2) is 4.99 Å². The minimum Gasteiger partial charge on any atom is -0.493 e.